The monoisotopic (exact) mass is 379 g/mol. The Hall–Kier alpha value is -2.75. The average molecular weight is 379 g/mol. The van der Waals surface area contributed by atoms with Gasteiger partial charge in [-0.3, -0.25) is 24.7 Å². The fourth-order valence-electron chi connectivity index (χ4n) is 3.00. The summed E-state index contributed by atoms with van der Waals surface area (Å²) in [7, 11) is 0. The number of nitro groups is 1. The van der Waals surface area contributed by atoms with Gasteiger partial charge < -0.3 is 4.42 Å². The molecule has 0 saturated carbocycles. The first kappa shape index (κ1) is 20.6. The van der Waals surface area contributed by atoms with E-state index in [-0.39, 0.29) is 18.2 Å². The Morgan fingerprint density at radius 1 is 1.30 bits per heavy atom. The van der Waals surface area contributed by atoms with Crippen LogP contribution >= 0.6 is 0 Å². The summed E-state index contributed by atoms with van der Waals surface area (Å²) >= 11 is 0. The predicted octanol–water partition coefficient (Wildman–Crippen LogP) is 2.29. The van der Waals surface area contributed by atoms with Crippen LogP contribution in [0.5, 0.6) is 0 Å². The lowest BCUT2D eigenvalue weighted by Crippen LogP contribution is -2.40. The van der Waals surface area contributed by atoms with Gasteiger partial charge in [0.2, 0.25) is 0 Å². The Morgan fingerprint density at radius 2 is 1.96 bits per heavy atom. The number of amides is 3. The van der Waals surface area contributed by atoms with E-state index in [4.69, 9.17) is 4.42 Å². The molecule has 1 aromatic rings. The van der Waals surface area contributed by atoms with Crippen LogP contribution in [-0.4, -0.2) is 69.6 Å². The largest absolute Gasteiger partial charge is 0.433 e. The van der Waals surface area contributed by atoms with E-state index in [1.165, 1.54) is 23.2 Å². The van der Waals surface area contributed by atoms with Gasteiger partial charge in [-0.05, 0) is 40.2 Å². The van der Waals surface area contributed by atoms with Crippen molar-refractivity contribution >= 4 is 24.0 Å². The molecule has 2 rings (SSSR count). The van der Waals surface area contributed by atoms with E-state index in [0.29, 0.717) is 25.0 Å². The van der Waals surface area contributed by atoms with E-state index in [2.05, 4.69) is 37.7 Å². The Bertz CT molecular complexity index is 719. The van der Waals surface area contributed by atoms with Gasteiger partial charge in [-0.15, -0.1) is 0 Å². The normalized spacial score (nSPS) is 15.4. The highest BCUT2D eigenvalue weighted by Gasteiger charge is 2.35. The summed E-state index contributed by atoms with van der Waals surface area (Å²) in [6.07, 6.45) is 1.86. The molecule has 0 N–H and O–H groups in total. The van der Waals surface area contributed by atoms with Gasteiger partial charge in [-0.25, -0.2) is 9.80 Å². The van der Waals surface area contributed by atoms with E-state index in [1.807, 2.05) is 0 Å². The minimum absolute atomic E-state index is 0.130. The molecule has 27 heavy (non-hydrogen) atoms. The summed E-state index contributed by atoms with van der Waals surface area (Å²) in [5.74, 6) is -0.602. The van der Waals surface area contributed by atoms with Crippen LogP contribution in [0, 0.1) is 10.1 Å². The number of carbonyl (C=O) groups excluding carboxylic acids is 2. The Labute approximate surface area is 157 Å². The molecule has 1 aromatic heterocycles. The van der Waals surface area contributed by atoms with Crippen molar-refractivity contribution in [2.45, 2.75) is 46.2 Å². The molecule has 0 bridgehead atoms. The number of nitrogens with zero attached hydrogens (tertiary/aromatic N) is 5. The van der Waals surface area contributed by atoms with Crippen molar-refractivity contribution in [2.24, 2.45) is 5.10 Å². The van der Waals surface area contributed by atoms with Crippen molar-refractivity contribution in [1.29, 1.82) is 0 Å². The molecule has 0 aliphatic carbocycles. The summed E-state index contributed by atoms with van der Waals surface area (Å²) in [4.78, 5) is 37.9. The second-order valence-electron chi connectivity index (χ2n) is 6.84. The van der Waals surface area contributed by atoms with Crippen LogP contribution < -0.4 is 0 Å². The number of hydrogen-bond acceptors (Lipinski definition) is 7. The maximum Gasteiger partial charge on any atom is 0.433 e. The van der Waals surface area contributed by atoms with Crippen LogP contribution in [0.1, 0.15) is 39.9 Å². The van der Waals surface area contributed by atoms with E-state index >= 15 is 0 Å². The van der Waals surface area contributed by atoms with Crippen LogP contribution in [0.15, 0.2) is 21.7 Å². The second-order valence-corrected chi connectivity index (χ2v) is 6.84. The fourth-order valence-corrected chi connectivity index (χ4v) is 3.00. The van der Waals surface area contributed by atoms with Gasteiger partial charge in [0, 0.05) is 25.2 Å². The number of carbonyl (C=O) groups is 2. The minimum Gasteiger partial charge on any atom is -0.400 e. The van der Waals surface area contributed by atoms with Gasteiger partial charge in [-0.2, -0.15) is 5.10 Å². The maximum absolute atomic E-state index is 12.4. The highest BCUT2D eigenvalue weighted by molar-refractivity contribution is 6.02. The minimum atomic E-state index is -0.665. The molecule has 10 nitrogen and oxygen atoms in total. The van der Waals surface area contributed by atoms with Crippen LogP contribution in [0.2, 0.25) is 0 Å². The summed E-state index contributed by atoms with van der Waals surface area (Å²) in [6, 6.07) is 2.83. The lowest BCUT2D eigenvalue weighted by molar-refractivity contribution is -0.402. The second kappa shape index (κ2) is 8.76. The number of hydrazone groups is 1. The van der Waals surface area contributed by atoms with E-state index < -0.39 is 16.8 Å². The quantitative estimate of drug-likeness (QED) is 0.282. The molecule has 2 heterocycles. The van der Waals surface area contributed by atoms with Crippen molar-refractivity contribution in [3.05, 3.63) is 28.0 Å². The molecule has 0 atom stereocenters. The number of urea groups is 1. The first-order chi connectivity index (χ1) is 12.7. The van der Waals surface area contributed by atoms with E-state index in [0.717, 1.165) is 11.6 Å². The van der Waals surface area contributed by atoms with Gasteiger partial charge in [0.15, 0.2) is 5.76 Å². The van der Waals surface area contributed by atoms with E-state index in [1.54, 1.807) is 0 Å². The number of furan rings is 1. The number of rotatable bonds is 9. The van der Waals surface area contributed by atoms with Crippen LogP contribution in [0.25, 0.3) is 0 Å². The molecule has 1 aliphatic rings. The van der Waals surface area contributed by atoms with Gasteiger partial charge >= 0.3 is 11.9 Å². The summed E-state index contributed by atoms with van der Waals surface area (Å²) in [5.41, 5.74) is 0. The lowest BCUT2D eigenvalue weighted by Gasteiger charge is -2.30. The Kier molecular flexibility index (Phi) is 6.67. The molecule has 10 heteroatoms. The van der Waals surface area contributed by atoms with Crippen molar-refractivity contribution in [3.63, 3.8) is 0 Å². The molecular formula is C17H25N5O5. The van der Waals surface area contributed by atoms with Gasteiger partial charge in [0.1, 0.15) is 11.5 Å². The Morgan fingerprint density at radius 3 is 2.52 bits per heavy atom. The molecule has 1 saturated heterocycles. The lowest BCUT2D eigenvalue weighted by atomic mass is 10.2. The van der Waals surface area contributed by atoms with Crippen LogP contribution in [-0.2, 0) is 4.79 Å². The molecule has 0 spiro atoms. The zero-order valence-electron chi connectivity index (χ0n) is 16.0. The molecule has 3 amide bonds. The summed E-state index contributed by atoms with van der Waals surface area (Å²) < 4.78 is 4.94. The van der Waals surface area contributed by atoms with E-state index in [9.17, 15) is 19.7 Å². The molecular weight excluding hydrogens is 354 g/mol. The third-order valence-corrected chi connectivity index (χ3v) is 4.28. The number of imide groups is 1. The highest BCUT2D eigenvalue weighted by Crippen LogP contribution is 2.16. The SMILES string of the molecule is CC(C)N(CCCN1C(=O)CN(/N=C/c2ccc([N+](=O)[O-])o2)C1=O)C(C)C. The average Bonchev–Trinajstić information content (AvgIpc) is 3.15. The van der Waals surface area contributed by atoms with Crippen LogP contribution in [0.3, 0.4) is 0 Å². The summed E-state index contributed by atoms with van der Waals surface area (Å²) in [5, 5.41) is 15.5. The zero-order chi connectivity index (χ0) is 20.1. The van der Waals surface area contributed by atoms with Crippen molar-refractivity contribution in [1.82, 2.24) is 14.8 Å². The topological polar surface area (TPSA) is 112 Å². The van der Waals surface area contributed by atoms with Crippen LogP contribution in [0.4, 0.5) is 10.7 Å². The molecule has 0 unspecified atom stereocenters. The maximum atomic E-state index is 12.4. The van der Waals surface area contributed by atoms with Crippen molar-refractivity contribution in [3.8, 4) is 0 Å². The molecule has 1 aliphatic heterocycles. The first-order valence-corrected chi connectivity index (χ1v) is 8.86. The van der Waals surface area contributed by atoms with Crippen molar-refractivity contribution < 1.29 is 18.9 Å². The molecule has 0 radical (unpaired) electrons. The van der Waals surface area contributed by atoms with Gasteiger partial charge in [0.25, 0.3) is 5.91 Å². The Balaban J connectivity index is 1.92. The fraction of sp³-hybridized carbons (Fsp3) is 0.588. The third kappa shape index (κ3) is 5.13. The third-order valence-electron chi connectivity index (χ3n) is 4.28. The molecule has 148 valence electrons. The zero-order valence-corrected chi connectivity index (χ0v) is 16.0. The highest BCUT2D eigenvalue weighted by atomic mass is 16.6. The first-order valence-electron chi connectivity index (χ1n) is 8.86. The smallest absolute Gasteiger partial charge is 0.400 e. The molecule has 0 aromatic carbocycles. The van der Waals surface area contributed by atoms with Crippen molar-refractivity contribution in [2.75, 3.05) is 19.6 Å². The predicted molar refractivity (Wildman–Crippen MR) is 98.4 cm³/mol. The summed E-state index contributed by atoms with van der Waals surface area (Å²) in [6.45, 7) is 9.40. The van der Waals surface area contributed by atoms with Gasteiger partial charge in [-0.1, -0.05) is 0 Å². The standard InChI is InChI=1S/C17H25N5O5/c1-12(2)19(13(3)4)8-5-9-20-15(23)11-21(17(20)24)18-10-14-6-7-16(27-14)22(25)26/h6-7,10,12-13H,5,8-9,11H2,1-4H3/b18-10+. The number of hydrogen-bond donors (Lipinski definition) is 0. The van der Waals surface area contributed by atoms with Gasteiger partial charge in [0.05, 0.1) is 12.3 Å². The molecule has 1 fully saturated rings.